The van der Waals surface area contributed by atoms with E-state index in [-0.39, 0.29) is 5.82 Å². The summed E-state index contributed by atoms with van der Waals surface area (Å²) in [5, 5.41) is 3.82. The minimum Gasteiger partial charge on any atom is -0.337 e. The van der Waals surface area contributed by atoms with Gasteiger partial charge in [-0.1, -0.05) is 5.16 Å². The first-order valence-electron chi connectivity index (χ1n) is 4.96. The van der Waals surface area contributed by atoms with Crippen LogP contribution in [0.15, 0.2) is 27.2 Å². The molecule has 4 nitrogen and oxygen atoms in total. The second-order valence-electron chi connectivity index (χ2n) is 4.27. The molecule has 0 atom stereocenters. The van der Waals surface area contributed by atoms with Gasteiger partial charge in [-0.2, -0.15) is 4.98 Å². The van der Waals surface area contributed by atoms with Gasteiger partial charge in [0.1, 0.15) is 5.82 Å². The Kier molecular flexibility index (Phi) is 3.01. The van der Waals surface area contributed by atoms with Gasteiger partial charge in [-0.15, -0.1) is 0 Å². The number of halogens is 2. The van der Waals surface area contributed by atoms with Crippen LogP contribution in [0.3, 0.4) is 0 Å². The predicted octanol–water partition coefficient (Wildman–Crippen LogP) is 2.83. The molecule has 1 aromatic carbocycles. The van der Waals surface area contributed by atoms with Gasteiger partial charge in [-0.3, -0.25) is 0 Å². The largest absolute Gasteiger partial charge is 0.337 e. The lowest BCUT2D eigenvalue weighted by Crippen LogP contribution is -2.28. The smallest absolute Gasteiger partial charge is 0.246 e. The molecule has 0 unspecified atom stereocenters. The van der Waals surface area contributed by atoms with Crippen LogP contribution in [0.2, 0.25) is 0 Å². The van der Waals surface area contributed by atoms with Crippen LogP contribution < -0.4 is 5.73 Å². The van der Waals surface area contributed by atoms with Gasteiger partial charge in [0.25, 0.3) is 0 Å². The number of hydrogen-bond donors (Lipinski definition) is 1. The number of nitrogens with zero attached hydrogens (tertiary/aromatic N) is 2. The Labute approximate surface area is 106 Å². The van der Waals surface area contributed by atoms with Gasteiger partial charge in [-0.25, -0.2) is 4.39 Å². The van der Waals surface area contributed by atoms with E-state index < -0.39 is 5.54 Å². The van der Waals surface area contributed by atoms with Crippen LogP contribution in [0, 0.1) is 5.82 Å². The summed E-state index contributed by atoms with van der Waals surface area (Å²) < 4.78 is 18.6. The van der Waals surface area contributed by atoms with Gasteiger partial charge < -0.3 is 10.3 Å². The van der Waals surface area contributed by atoms with Crippen molar-refractivity contribution >= 4 is 15.9 Å². The van der Waals surface area contributed by atoms with Crippen molar-refractivity contribution in [1.82, 2.24) is 10.1 Å². The number of benzene rings is 1. The van der Waals surface area contributed by atoms with E-state index in [4.69, 9.17) is 10.3 Å². The van der Waals surface area contributed by atoms with Gasteiger partial charge in [0.05, 0.1) is 5.54 Å². The lowest BCUT2D eigenvalue weighted by atomic mass is 10.1. The number of nitrogens with two attached hydrogens (primary N) is 1. The third kappa shape index (κ3) is 2.53. The maximum Gasteiger partial charge on any atom is 0.246 e. The van der Waals surface area contributed by atoms with Gasteiger partial charge in [0.15, 0.2) is 0 Å². The zero-order valence-electron chi connectivity index (χ0n) is 9.37. The second-order valence-corrected chi connectivity index (χ2v) is 5.12. The summed E-state index contributed by atoms with van der Waals surface area (Å²) in [4.78, 5) is 4.19. The van der Waals surface area contributed by atoms with Crippen molar-refractivity contribution in [3.05, 3.63) is 34.4 Å². The highest BCUT2D eigenvalue weighted by Gasteiger charge is 2.23. The van der Waals surface area contributed by atoms with E-state index in [0.717, 1.165) is 0 Å². The fourth-order valence-electron chi connectivity index (χ4n) is 1.27. The van der Waals surface area contributed by atoms with Gasteiger partial charge in [0.2, 0.25) is 11.7 Å². The molecule has 6 heteroatoms. The summed E-state index contributed by atoms with van der Waals surface area (Å²) in [5.74, 6) is 0.387. The molecule has 2 N–H and O–H groups in total. The molecule has 2 aromatic rings. The highest BCUT2D eigenvalue weighted by atomic mass is 79.9. The quantitative estimate of drug-likeness (QED) is 0.926. The van der Waals surface area contributed by atoms with Crippen LogP contribution >= 0.6 is 15.9 Å². The summed E-state index contributed by atoms with van der Waals surface area (Å²) in [6, 6.07) is 4.26. The van der Waals surface area contributed by atoms with Crippen LogP contribution in [0.1, 0.15) is 19.7 Å². The Morgan fingerprint density at radius 2 is 2.12 bits per heavy atom. The monoisotopic (exact) mass is 299 g/mol. The molecule has 0 bridgehead atoms. The zero-order valence-corrected chi connectivity index (χ0v) is 11.0. The lowest BCUT2D eigenvalue weighted by molar-refractivity contribution is 0.312. The van der Waals surface area contributed by atoms with E-state index >= 15 is 0 Å². The second kappa shape index (κ2) is 4.19. The molecule has 0 aliphatic carbocycles. The molecule has 0 aliphatic heterocycles. The van der Waals surface area contributed by atoms with Crippen molar-refractivity contribution in [1.29, 1.82) is 0 Å². The predicted molar refractivity (Wildman–Crippen MR) is 64.6 cm³/mol. The van der Waals surface area contributed by atoms with Gasteiger partial charge in [-0.05, 0) is 48.0 Å². The average molecular weight is 300 g/mol. The van der Waals surface area contributed by atoms with Crippen molar-refractivity contribution in [2.75, 3.05) is 0 Å². The van der Waals surface area contributed by atoms with E-state index in [1.807, 2.05) is 0 Å². The fourth-order valence-corrected chi connectivity index (χ4v) is 1.79. The molecule has 0 amide bonds. The molecule has 1 heterocycles. The van der Waals surface area contributed by atoms with Crippen LogP contribution in [0.4, 0.5) is 4.39 Å². The van der Waals surface area contributed by atoms with Crippen molar-refractivity contribution in [2.45, 2.75) is 19.4 Å². The molecule has 2 rings (SSSR count). The van der Waals surface area contributed by atoms with Gasteiger partial charge in [0, 0.05) is 10.0 Å². The molecule has 0 spiro atoms. The molecule has 0 radical (unpaired) electrons. The van der Waals surface area contributed by atoms with Gasteiger partial charge >= 0.3 is 0 Å². The topological polar surface area (TPSA) is 64.9 Å². The van der Waals surface area contributed by atoms with Crippen LogP contribution in [-0.2, 0) is 5.54 Å². The summed E-state index contributed by atoms with van der Waals surface area (Å²) in [6.45, 7) is 3.54. The Hall–Kier alpha value is -1.27. The Morgan fingerprint density at radius 1 is 1.41 bits per heavy atom. The minimum atomic E-state index is -0.697. The lowest BCUT2D eigenvalue weighted by Gasteiger charge is -2.10. The van der Waals surface area contributed by atoms with Crippen LogP contribution in [0.5, 0.6) is 0 Å². The van der Waals surface area contributed by atoms with E-state index in [0.29, 0.717) is 21.8 Å². The first-order valence-corrected chi connectivity index (χ1v) is 5.76. The third-order valence-corrected chi connectivity index (χ3v) is 2.81. The van der Waals surface area contributed by atoms with Crippen molar-refractivity contribution in [3.8, 4) is 11.4 Å². The Balaban J connectivity index is 2.44. The maximum absolute atomic E-state index is 12.9. The average Bonchev–Trinajstić information content (AvgIpc) is 2.65. The SMILES string of the molecule is CC(C)(N)c1nc(-c2ccc(F)cc2Br)no1. The summed E-state index contributed by atoms with van der Waals surface area (Å²) in [5.41, 5.74) is 5.80. The number of hydrogen-bond acceptors (Lipinski definition) is 4. The van der Waals surface area contributed by atoms with Crippen molar-refractivity contribution in [3.63, 3.8) is 0 Å². The highest BCUT2D eigenvalue weighted by molar-refractivity contribution is 9.10. The van der Waals surface area contributed by atoms with E-state index in [1.54, 1.807) is 19.9 Å². The molecular weight excluding hydrogens is 289 g/mol. The summed E-state index contributed by atoms with van der Waals surface area (Å²) >= 11 is 3.25. The van der Waals surface area contributed by atoms with E-state index in [9.17, 15) is 4.39 Å². The molecule has 0 saturated heterocycles. The minimum absolute atomic E-state index is 0.330. The van der Waals surface area contributed by atoms with Crippen molar-refractivity contribution < 1.29 is 8.91 Å². The van der Waals surface area contributed by atoms with Crippen molar-refractivity contribution in [2.24, 2.45) is 5.73 Å². The molecule has 17 heavy (non-hydrogen) atoms. The van der Waals surface area contributed by atoms with E-state index in [1.165, 1.54) is 12.1 Å². The fraction of sp³-hybridized carbons (Fsp3) is 0.273. The zero-order chi connectivity index (χ0) is 12.6. The number of rotatable bonds is 2. The van der Waals surface area contributed by atoms with Crippen LogP contribution in [-0.4, -0.2) is 10.1 Å². The summed E-state index contributed by atoms with van der Waals surface area (Å²) in [7, 11) is 0. The van der Waals surface area contributed by atoms with Crippen LogP contribution in [0.25, 0.3) is 11.4 Å². The third-order valence-electron chi connectivity index (χ3n) is 2.15. The summed E-state index contributed by atoms with van der Waals surface area (Å²) in [6.07, 6.45) is 0. The highest BCUT2D eigenvalue weighted by Crippen LogP contribution is 2.28. The normalized spacial score (nSPS) is 11.8. The molecule has 0 saturated carbocycles. The standard InChI is InChI=1S/C11H11BrFN3O/c1-11(2,14)10-15-9(16-17-10)7-4-3-6(13)5-8(7)12/h3-5H,14H2,1-2H3. The molecule has 1 aromatic heterocycles. The maximum atomic E-state index is 12.9. The molecule has 90 valence electrons. The molecular formula is C11H11BrFN3O. The first kappa shape index (κ1) is 12.2. The first-order chi connectivity index (χ1) is 7.88. The Bertz CT molecular complexity index is 548. The Morgan fingerprint density at radius 3 is 2.65 bits per heavy atom. The number of aromatic nitrogens is 2. The molecule has 0 fully saturated rings. The van der Waals surface area contributed by atoms with E-state index in [2.05, 4.69) is 26.1 Å². The molecule has 0 aliphatic rings.